The number of fused-ring (bicyclic) bond motifs is 1. The number of halogens is 1. The monoisotopic (exact) mass is 416 g/mol. The summed E-state index contributed by atoms with van der Waals surface area (Å²) in [6, 6.07) is 8.17. The lowest BCUT2D eigenvalue weighted by atomic mass is 10.0. The average Bonchev–Trinajstić information content (AvgIpc) is 3.43. The van der Waals surface area contributed by atoms with Crippen LogP contribution in [-0.2, 0) is 11.8 Å². The topological polar surface area (TPSA) is 98.7 Å². The Morgan fingerprint density at radius 2 is 2.10 bits per heavy atom. The van der Waals surface area contributed by atoms with Crippen LogP contribution in [0.1, 0.15) is 23.5 Å². The maximum Gasteiger partial charge on any atom is 0.229 e. The molecule has 2 atom stereocenters. The van der Waals surface area contributed by atoms with Gasteiger partial charge in [0.2, 0.25) is 5.91 Å². The third-order valence-electron chi connectivity index (χ3n) is 5.75. The Hall–Kier alpha value is -3.81. The minimum atomic E-state index is -0.337. The molecule has 3 heterocycles. The van der Waals surface area contributed by atoms with Gasteiger partial charge in [0.25, 0.3) is 0 Å². The maximum absolute atomic E-state index is 13.8. The second-order valence-corrected chi connectivity index (χ2v) is 8.03. The predicted molar refractivity (Wildman–Crippen MR) is 117 cm³/mol. The van der Waals surface area contributed by atoms with Crippen molar-refractivity contribution in [2.45, 2.75) is 19.3 Å². The molecule has 0 radical (unpaired) electrons. The van der Waals surface area contributed by atoms with Crippen LogP contribution in [-0.4, -0.2) is 25.7 Å². The summed E-state index contributed by atoms with van der Waals surface area (Å²) < 4.78 is 15.5. The van der Waals surface area contributed by atoms with Crippen LogP contribution in [0.5, 0.6) is 0 Å². The van der Waals surface area contributed by atoms with Gasteiger partial charge >= 0.3 is 0 Å². The number of hydrogen-bond donors (Lipinski definition) is 2. The molecular weight excluding hydrogens is 395 g/mol. The predicted octanol–water partition coefficient (Wildman–Crippen LogP) is 3.80. The van der Waals surface area contributed by atoms with Crippen molar-refractivity contribution in [1.82, 2.24) is 19.7 Å². The Kier molecular flexibility index (Phi) is 4.43. The van der Waals surface area contributed by atoms with Crippen molar-refractivity contribution >= 4 is 28.3 Å². The molecule has 1 aliphatic rings. The van der Waals surface area contributed by atoms with Crippen molar-refractivity contribution in [2.24, 2.45) is 13.0 Å². The number of nitrogens with two attached hydrogens (primary N) is 1. The summed E-state index contributed by atoms with van der Waals surface area (Å²) in [7, 11) is 1.86. The number of hydrogen-bond acceptors (Lipinski definition) is 5. The largest absolute Gasteiger partial charge is 0.383 e. The summed E-state index contributed by atoms with van der Waals surface area (Å²) in [5.41, 5.74) is 9.35. The van der Waals surface area contributed by atoms with Gasteiger partial charge in [0.05, 0.1) is 11.9 Å². The van der Waals surface area contributed by atoms with E-state index in [1.54, 1.807) is 29.2 Å². The molecule has 156 valence electrons. The van der Waals surface area contributed by atoms with E-state index in [-0.39, 0.29) is 23.6 Å². The summed E-state index contributed by atoms with van der Waals surface area (Å²) in [5, 5.41) is 8.53. The standard InChI is InChI=1S/C23H21FN6O/c1-12-3-4-15(24)7-16(12)20-5-13-6-21(26-10-19(13)22(25)28-20)29-23(31)18-8-17(18)14-9-27-30(2)11-14/h3-7,9-11,17-18H,8H2,1-2H3,(H2,25,28)(H,26,29,31)/t17-,18+/m0/s1. The van der Waals surface area contributed by atoms with Gasteiger partial charge < -0.3 is 11.1 Å². The fraction of sp³-hybridized carbons (Fsp3) is 0.217. The lowest BCUT2D eigenvalue weighted by Crippen LogP contribution is -2.15. The summed E-state index contributed by atoms with van der Waals surface area (Å²) >= 11 is 0. The number of anilines is 2. The maximum atomic E-state index is 13.8. The lowest BCUT2D eigenvalue weighted by Gasteiger charge is -2.10. The van der Waals surface area contributed by atoms with Gasteiger partial charge in [-0.05, 0) is 60.0 Å². The normalized spacial score (nSPS) is 17.6. The molecule has 1 fully saturated rings. The highest BCUT2D eigenvalue weighted by Crippen LogP contribution is 2.47. The van der Waals surface area contributed by atoms with E-state index in [4.69, 9.17) is 5.73 Å². The molecule has 0 saturated heterocycles. The molecule has 8 heteroatoms. The summed E-state index contributed by atoms with van der Waals surface area (Å²) in [6.07, 6.45) is 6.14. The van der Waals surface area contributed by atoms with Gasteiger partial charge in [-0.15, -0.1) is 0 Å². The molecule has 1 amide bonds. The fourth-order valence-electron chi connectivity index (χ4n) is 3.95. The molecule has 0 spiro atoms. The zero-order valence-electron chi connectivity index (χ0n) is 17.1. The van der Waals surface area contributed by atoms with E-state index in [9.17, 15) is 9.18 Å². The van der Waals surface area contributed by atoms with Crippen LogP contribution in [0.25, 0.3) is 22.0 Å². The van der Waals surface area contributed by atoms with Crippen LogP contribution < -0.4 is 11.1 Å². The van der Waals surface area contributed by atoms with Crippen molar-refractivity contribution < 1.29 is 9.18 Å². The Labute approximate surface area is 178 Å². The molecule has 1 saturated carbocycles. The van der Waals surface area contributed by atoms with Gasteiger partial charge in [0, 0.05) is 36.3 Å². The van der Waals surface area contributed by atoms with Crippen LogP contribution >= 0.6 is 0 Å². The molecule has 3 N–H and O–H groups in total. The van der Waals surface area contributed by atoms with Gasteiger partial charge in [-0.25, -0.2) is 14.4 Å². The molecule has 5 rings (SSSR count). The smallest absolute Gasteiger partial charge is 0.229 e. The fourth-order valence-corrected chi connectivity index (χ4v) is 3.95. The van der Waals surface area contributed by atoms with Crippen molar-refractivity contribution in [3.05, 3.63) is 65.9 Å². The number of rotatable bonds is 4. The number of amides is 1. The van der Waals surface area contributed by atoms with Gasteiger partial charge in [0.15, 0.2) is 0 Å². The SMILES string of the molecule is Cc1ccc(F)cc1-c1cc2cc(NC(=O)[C@@H]3C[C@H]3c3cnn(C)c3)ncc2c(N)n1. The molecule has 0 bridgehead atoms. The lowest BCUT2D eigenvalue weighted by molar-refractivity contribution is -0.117. The second kappa shape index (κ2) is 7.16. The summed E-state index contributed by atoms with van der Waals surface area (Å²) in [5.74, 6) is 0.453. The number of nitrogen functional groups attached to an aromatic ring is 1. The number of nitrogens with zero attached hydrogens (tertiary/aromatic N) is 4. The van der Waals surface area contributed by atoms with E-state index in [0.29, 0.717) is 28.3 Å². The van der Waals surface area contributed by atoms with Gasteiger partial charge in [0.1, 0.15) is 17.5 Å². The van der Waals surface area contributed by atoms with Crippen LogP contribution in [0.15, 0.2) is 48.9 Å². The van der Waals surface area contributed by atoms with Crippen molar-refractivity contribution in [1.29, 1.82) is 0 Å². The molecular formula is C23H21FN6O. The zero-order chi connectivity index (χ0) is 21.7. The first-order valence-corrected chi connectivity index (χ1v) is 10.0. The van der Waals surface area contributed by atoms with E-state index >= 15 is 0 Å². The first-order valence-electron chi connectivity index (χ1n) is 10.0. The Morgan fingerprint density at radius 3 is 2.87 bits per heavy atom. The number of benzene rings is 1. The zero-order valence-corrected chi connectivity index (χ0v) is 17.1. The molecule has 0 unspecified atom stereocenters. The van der Waals surface area contributed by atoms with E-state index in [2.05, 4.69) is 20.4 Å². The Morgan fingerprint density at radius 1 is 1.26 bits per heavy atom. The highest BCUT2D eigenvalue weighted by Gasteiger charge is 2.44. The molecule has 0 aliphatic heterocycles. The van der Waals surface area contributed by atoms with Crippen molar-refractivity contribution in [3.8, 4) is 11.3 Å². The minimum absolute atomic E-state index is 0.0658. The summed E-state index contributed by atoms with van der Waals surface area (Å²) in [6.45, 7) is 1.89. The number of pyridine rings is 2. The highest BCUT2D eigenvalue weighted by molar-refractivity contribution is 5.98. The minimum Gasteiger partial charge on any atom is -0.383 e. The third kappa shape index (κ3) is 3.61. The Balaban J connectivity index is 1.42. The Bertz CT molecular complexity index is 1330. The molecule has 3 aromatic heterocycles. The first-order chi connectivity index (χ1) is 14.9. The number of carbonyl (C=O) groups excluding carboxylic acids is 1. The molecule has 1 aliphatic carbocycles. The summed E-state index contributed by atoms with van der Waals surface area (Å²) in [4.78, 5) is 21.4. The van der Waals surface area contributed by atoms with Crippen LogP contribution in [0.2, 0.25) is 0 Å². The van der Waals surface area contributed by atoms with E-state index < -0.39 is 0 Å². The molecule has 4 aromatic rings. The first kappa shape index (κ1) is 19.2. The van der Waals surface area contributed by atoms with Crippen molar-refractivity contribution in [3.63, 3.8) is 0 Å². The molecule has 31 heavy (non-hydrogen) atoms. The third-order valence-corrected chi connectivity index (χ3v) is 5.75. The average molecular weight is 416 g/mol. The van der Waals surface area contributed by atoms with Crippen molar-refractivity contribution in [2.75, 3.05) is 11.1 Å². The van der Waals surface area contributed by atoms with Crippen LogP contribution in [0.4, 0.5) is 16.0 Å². The van der Waals surface area contributed by atoms with E-state index in [0.717, 1.165) is 22.9 Å². The van der Waals surface area contributed by atoms with Gasteiger partial charge in [-0.2, -0.15) is 5.10 Å². The second-order valence-electron chi connectivity index (χ2n) is 8.03. The number of aromatic nitrogens is 4. The van der Waals surface area contributed by atoms with Crippen LogP contribution in [0.3, 0.4) is 0 Å². The van der Waals surface area contributed by atoms with E-state index in [1.165, 1.54) is 12.1 Å². The van der Waals surface area contributed by atoms with Crippen LogP contribution in [0, 0.1) is 18.7 Å². The van der Waals surface area contributed by atoms with Gasteiger partial charge in [-0.1, -0.05) is 6.07 Å². The quantitative estimate of drug-likeness (QED) is 0.527. The number of aryl methyl sites for hydroxylation is 2. The highest BCUT2D eigenvalue weighted by atomic mass is 19.1. The number of carbonyl (C=O) groups is 1. The molecule has 7 nitrogen and oxygen atoms in total. The number of nitrogens with one attached hydrogen (secondary N) is 1. The van der Waals surface area contributed by atoms with E-state index in [1.807, 2.05) is 26.2 Å². The molecule has 1 aromatic carbocycles. The van der Waals surface area contributed by atoms with Gasteiger partial charge in [-0.3, -0.25) is 9.48 Å².